The largest absolute Gasteiger partial charge is 0.389 e. The number of anilines is 2. The Bertz CT molecular complexity index is 610. The average Bonchev–Trinajstić information content (AvgIpc) is 2.85. The van der Waals surface area contributed by atoms with Crippen molar-refractivity contribution in [3.05, 3.63) is 23.7 Å². The zero-order valence-electron chi connectivity index (χ0n) is 11.5. The molecule has 2 aromatic rings. The molecule has 2 aromatic heterocycles. The average molecular weight is 278 g/mol. The van der Waals surface area contributed by atoms with Crippen LogP contribution in [0, 0.1) is 6.92 Å². The number of aromatic nitrogens is 4. The summed E-state index contributed by atoms with van der Waals surface area (Å²) >= 11 is 5.08. The number of hydrogen-bond donors (Lipinski definition) is 2. The van der Waals surface area contributed by atoms with Crippen LogP contribution in [0.1, 0.15) is 31.1 Å². The Morgan fingerprint density at radius 2 is 2.16 bits per heavy atom. The molecule has 0 aromatic carbocycles. The van der Waals surface area contributed by atoms with Gasteiger partial charge < -0.3 is 11.1 Å². The Hall–Kier alpha value is -1.89. The Balaban J connectivity index is 2.35. The van der Waals surface area contributed by atoms with Crippen LogP contribution in [0.25, 0.3) is 0 Å². The molecule has 19 heavy (non-hydrogen) atoms. The quantitative estimate of drug-likeness (QED) is 0.835. The molecule has 0 amide bonds. The van der Waals surface area contributed by atoms with E-state index in [1.165, 1.54) is 0 Å². The fourth-order valence-electron chi connectivity index (χ4n) is 1.92. The first-order chi connectivity index (χ1) is 8.90. The number of nitrogens with two attached hydrogens (primary N) is 1. The van der Waals surface area contributed by atoms with Gasteiger partial charge in [-0.05, 0) is 20.8 Å². The Labute approximate surface area is 117 Å². The molecule has 0 atom stereocenters. The molecule has 0 aliphatic carbocycles. The van der Waals surface area contributed by atoms with E-state index >= 15 is 0 Å². The molecule has 0 unspecified atom stereocenters. The zero-order valence-corrected chi connectivity index (χ0v) is 12.3. The first-order valence-electron chi connectivity index (χ1n) is 6.04. The van der Waals surface area contributed by atoms with Crippen LogP contribution < -0.4 is 11.1 Å². The van der Waals surface area contributed by atoms with Crippen molar-refractivity contribution >= 4 is 28.7 Å². The van der Waals surface area contributed by atoms with Crippen LogP contribution >= 0.6 is 12.2 Å². The molecule has 2 heterocycles. The minimum Gasteiger partial charge on any atom is -0.389 e. The van der Waals surface area contributed by atoms with Crippen LogP contribution in [0.3, 0.4) is 0 Å². The van der Waals surface area contributed by atoms with Crippen LogP contribution in [0.5, 0.6) is 0 Å². The van der Waals surface area contributed by atoms with E-state index in [0.717, 1.165) is 22.8 Å². The number of hydrogen-bond acceptors (Lipinski definition) is 4. The lowest BCUT2D eigenvalue weighted by molar-refractivity contribution is 0.532. The second kappa shape index (κ2) is 5.00. The highest BCUT2D eigenvalue weighted by Crippen LogP contribution is 2.23. The Morgan fingerprint density at radius 3 is 2.68 bits per heavy atom. The van der Waals surface area contributed by atoms with E-state index in [4.69, 9.17) is 18.0 Å². The van der Waals surface area contributed by atoms with Crippen molar-refractivity contribution < 1.29 is 0 Å². The van der Waals surface area contributed by atoms with Gasteiger partial charge in [0.2, 0.25) is 0 Å². The maximum absolute atomic E-state index is 5.75. The van der Waals surface area contributed by atoms with Gasteiger partial charge in [-0.25, -0.2) is 0 Å². The SMILES string of the molecule is Cc1nn(C)c(Nc2cnn(C(C)C)c2)c1C(N)=S. The van der Waals surface area contributed by atoms with Crippen molar-refractivity contribution in [1.82, 2.24) is 19.6 Å². The summed E-state index contributed by atoms with van der Waals surface area (Å²) in [7, 11) is 1.85. The van der Waals surface area contributed by atoms with Crippen molar-refractivity contribution in [2.75, 3.05) is 5.32 Å². The molecule has 0 saturated heterocycles. The molecular weight excluding hydrogens is 260 g/mol. The Kier molecular flexibility index (Phi) is 3.57. The van der Waals surface area contributed by atoms with Crippen LogP contribution in [-0.4, -0.2) is 24.5 Å². The van der Waals surface area contributed by atoms with Crippen molar-refractivity contribution in [3.63, 3.8) is 0 Å². The van der Waals surface area contributed by atoms with Gasteiger partial charge in [0.25, 0.3) is 0 Å². The molecule has 0 saturated carbocycles. The molecule has 102 valence electrons. The zero-order chi connectivity index (χ0) is 14.2. The van der Waals surface area contributed by atoms with Gasteiger partial charge in [-0.15, -0.1) is 0 Å². The van der Waals surface area contributed by atoms with Gasteiger partial charge in [0.1, 0.15) is 10.8 Å². The van der Waals surface area contributed by atoms with E-state index < -0.39 is 0 Å². The first kappa shape index (κ1) is 13.5. The molecule has 0 spiro atoms. The lowest BCUT2D eigenvalue weighted by Gasteiger charge is -2.07. The lowest BCUT2D eigenvalue weighted by atomic mass is 10.2. The molecule has 0 bridgehead atoms. The number of nitrogens with one attached hydrogen (secondary N) is 1. The monoisotopic (exact) mass is 278 g/mol. The highest BCUT2D eigenvalue weighted by molar-refractivity contribution is 7.80. The van der Waals surface area contributed by atoms with E-state index in [-0.39, 0.29) is 0 Å². The van der Waals surface area contributed by atoms with E-state index in [1.54, 1.807) is 10.9 Å². The van der Waals surface area contributed by atoms with E-state index in [2.05, 4.69) is 29.4 Å². The molecule has 7 heteroatoms. The summed E-state index contributed by atoms with van der Waals surface area (Å²) in [6, 6.07) is 0.318. The summed E-state index contributed by atoms with van der Waals surface area (Å²) in [5.74, 6) is 0.785. The van der Waals surface area contributed by atoms with E-state index in [0.29, 0.717) is 11.0 Å². The first-order valence-corrected chi connectivity index (χ1v) is 6.45. The molecule has 0 radical (unpaired) electrons. The van der Waals surface area contributed by atoms with Gasteiger partial charge in [-0.3, -0.25) is 9.36 Å². The summed E-state index contributed by atoms with van der Waals surface area (Å²) in [4.78, 5) is 0.337. The predicted octanol–water partition coefficient (Wildman–Crippen LogP) is 1.88. The minimum atomic E-state index is 0.318. The summed E-state index contributed by atoms with van der Waals surface area (Å²) in [6.45, 7) is 6.04. The number of aryl methyl sites for hydroxylation is 2. The summed E-state index contributed by atoms with van der Waals surface area (Å²) in [5.41, 5.74) is 8.22. The smallest absolute Gasteiger partial charge is 0.139 e. The molecule has 2 rings (SSSR count). The maximum atomic E-state index is 5.75. The molecular formula is C12H18N6S. The molecule has 0 aliphatic heterocycles. The predicted molar refractivity (Wildman–Crippen MR) is 79.7 cm³/mol. The molecule has 0 aliphatic rings. The minimum absolute atomic E-state index is 0.318. The topological polar surface area (TPSA) is 73.7 Å². The van der Waals surface area contributed by atoms with Crippen molar-refractivity contribution in [3.8, 4) is 0 Å². The van der Waals surface area contributed by atoms with Crippen molar-refractivity contribution in [2.45, 2.75) is 26.8 Å². The third kappa shape index (κ3) is 2.60. The summed E-state index contributed by atoms with van der Waals surface area (Å²) < 4.78 is 3.61. The molecule has 6 nitrogen and oxygen atoms in total. The van der Waals surface area contributed by atoms with Crippen LogP contribution in [0.2, 0.25) is 0 Å². The van der Waals surface area contributed by atoms with E-state index in [9.17, 15) is 0 Å². The summed E-state index contributed by atoms with van der Waals surface area (Å²) in [6.07, 6.45) is 3.71. The second-order valence-corrected chi connectivity index (χ2v) is 5.16. The highest BCUT2D eigenvalue weighted by Gasteiger charge is 2.16. The highest BCUT2D eigenvalue weighted by atomic mass is 32.1. The Morgan fingerprint density at radius 1 is 1.47 bits per heavy atom. The van der Waals surface area contributed by atoms with Crippen LogP contribution in [0.15, 0.2) is 12.4 Å². The van der Waals surface area contributed by atoms with Gasteiger partial charge in [-0.2, -0.15) is 10.2 Å². The third-order valence-electron chi connectivity index (χ3n) is 2.86. The second-order valence-electron chi connectivity index (χ2n) is 4.72. The molecule has 3 N–H and O–H groups in total. The summed E-state index contributed by atoms with van der Waals surface area (Å²) in [5, 5.41) is 11.9. The number of nitrogens with zero attached hydrogens (tertiary/aromatic N) is 4. The fourth-order valence-corrected chi connectivity index (χ4v) is 2.16. The van der Waals surface area contributed by atoms with Crippen LogP contribution in [-0.2, 0) is 7.05 Å². The normalized spacial score (nSPS) is 11.0. The van der Waals surface area contributed by atoms with Crippen molar-refractivity contribution in [2.24, 2.45) is 12.8 Å². The van der Waals surface area contributed by atoms with E-state index in [1.807, 2.05) is 24.9 Å². The fraction of sp³-hybridized carbons (Fsp3) is 0.417. The number of rotatable bonds is 4. The lowest BCUT2D eigenvalue weighted by Crippen LogP contribution is -2.12. The van der Waals surface area contributed by atoms with Gasteiger partial charge in [0, 0.05) is 19.3 Å². The standard InChI is InChI=1S/C12H18N6S/c1-7(2)18-6-9(5-14-18)15-12-10(11(13)19)8(3)16-17(12)4/h5-7,15H,1-4H3,(H2,13,19). The maximum Gasteiger partial charge on any atom is 0.139 e. The van der Waals surface area contributed by atoms with Gasteiger partial charge in [-0.1, -0.05) is 12.2 Å². The molecule has 0 fully saturated rings. The van der Waals surface area contributed by atoms with Crippen LogP contribution in [0.4, 0.5) is 11.5 Å². The third-order valence-corrected chi connectivity index (χ3v) is 3.07. The van der Waals surface area contributed by atoms with Gasteiger partial charge in [0.05, 0.1) is 23.1 Å². The van der Waals surface area contributed by atoms with Gasteiger partial charge in [0.15, 0.2) is 0 Å². The number of thiocarbonyl (C=S) groups is 1. The van der Waals surface area contributed by atoms with Gasteiger partial charge >= 0.3 is 0 Å². The van der Waals surface area contributed by atoms with Crippen molar-refractivity contribution in [1.29, 1.82) is 0 Å².